The quantitative estimate of drug-likeness (QED) is 0.397. The highest BCUT2D eigenvalue weighted by Gasteiger charge is 2.39. The zero-order valence-corrected chi connectivity index (χ0v) is 20.3. The van der Waals surface area contributed by atoms with E-state index in [-0.39, 0.29) is 16.9 Å². The molecular weight excluding hydrogens is 478 g/mol. The summed E-state index contributed by atoms with van der Waals surface area (Å²) >= 11 is 0. The average molecular weight is 506 g/mol. The Bertz CT molecular complexity index is 1260. The number of carbonyl (C=O) groups is 1. The van der Waals surface area contributed by atoms with Crippen LogP contribution < -0.4 is 10.1 Å². The molecule has 2 N–H and O–H groups in total. The number of pyridine rings is 2. The van der Waals surface area contributed by atoms with Crippen LogP contribution in [0.2, 0.25) is 0 Å². The number of nitrogens with one attached hydrogen (secondary N) is 1. The number of aliphatic hydroxyl groups is 1. The summed E-state index contributed by atoms with van der Waals surface area (Å²) in [5.74, 6) is -0.812. The van der Waals surface area contributed by atoms with Gasteiger partial charge in [0.1, 0.15) is 11.6 Å². The summed E-state index contributed by atoms with van der Waals surface area (Å²) in [4.78, 5) is 20.6. The Morgan fingerprint density at radius 2 is 1.83 bits per heavy atom. The molecule has 0 fully saturated rings. The van der Waals surface area contributed by atoms with Crippen molar-refractivity contribution >= 4 is 11.6 Å². The number of alkyl halides is 3. The van der Waals surface area contributed by atoms with Gasteiger partial charge in [0.2, 0.25) is 5.91 Å². The van der Waals surface area contributed by atoms with E-state index in [1.54, 1.807) is 18.3 Å². The van der Waals surface area contributed by atoms with Crippen molar-refractivity contribution in [2.75, 3.05) is 18.5 Å². The highest BCUT2D eigenvalue weighted by molar-refractivity contribution is 5.92. The molecule has 0 aliphatic carbocycles. The number of halogens is 4. The molecule has 0 unspecified atom stereocenters. The summed E-state index contributed by atoms with van der Waals surface area (Å²) in [6.07, 6.45) is -2.49. The Morgan fingerprint density at radius 3 is 2.44 bits per heavy atom. The summed E-state index contributed by atoms with van der Waals surface area (Å²) in [5.41, 5.74) is -0.923. The fourth-order valence-electron chi connectivity index (χ4n) is 3.63. The second-order valence-corrected chi connectivity index (χ2v) is 8.95. The molecule has 0 aliphatic heterocycles. The molecule has 2 aromatic heterocycles. The first kappa shape index (κ1) is 27.1. The molecule has 10 heteroatoms. The maximum atomic E-state index is 14.8. The third-order valence-corrected chi connectivity index (χ3v) is 5.53. The van der Waals surface area contributed by atoms with E-state index in [1.165, 1.54) is 26.0 Å². The number of carbonyl (C=O) groups excluding carboxylic acids is 1. The standard InChI is InChI=1S/C26H27F4N3O3/c1-5-36-22-8-15(2)31-13-19(22)16-6-7-17(21(27)9-16)10-23(35)33-18-11-20(26(28,29)30)24(32-12-18)25(3,4)14-34/h6-9,11-13,34H,5,10,14H2,1-4H3,(H,33,35). The van der Waals surface area contributed by atoms with Crippen molar-refractivity contribution < 1.29 is 32.2 Å². The lowest BCUT2D eigenvalue weighted by Gasteiger charge is -2.25. The molecule has 0 atom stereocenters. The van der Waals surface area contributed by atoms with Crippen LogP contribution in [-0.4, -0.2) is 34.2 Å². The number of aryl methyl sites for hydroxylation is 1. The predicted octanol–water partition coefficient (Wildman–Crippen LogP) is 5.46. The van der Waals surface area contributed by atoms with Crippen molar-refractivity contribution in [3.05, 3.63) is 71.1 Å². The highest BCUT2D eigenvalue weighted by Crippen LogP contribution is 2.37. The number of nitrogens with zero attached hydrogens (tertiary/aromatic N) is 2. The Morgan fingerprint density at radius 1 is 1.11 bits per heavy atom. The third kappa shape index (κ3) is 6.17. The lowest BCUT2D eigenvalue weighted by molar-refractivity contribution is -0.139. The SMILES string of the molecule is CCOc1cc(C)ncc1-c1ccc(CC(=O)Nc2cnc(C(C)(C)CO)c(C(F)(F)F)c2)c(F)c1. The van der Waals surface area contributed by atoms with Crippen LogP contribution in [-0.2, 0) is 22.8 Å². The molecule has 0 radical (unpaired) electrons. The lowest BCUT2D eigenvalue weighted by atomic mass is 9.86. The van der Waals surface area contributed by atoms with E-state index in [0.717, 1.165) is 18.0 Å². The van der Waals surface area contributed by atoms with Crippen molar-refractivity contribution in [1.29, 1.82) is 0 Å². The van der Waals surface area contributed by atoms with Crippen molar-refractivity contribution in [1.82, 2.24) is 9.97 Å². The Kier molecular flexibility index (Phi) is 7.98. The van der Waals surface area contributed by atoms with Gasteiger partial charge >= 0.3 is 6.18 Å². The van der Waals surface area contributed by atoms with Crippen LogP contribution >= 0.6 is 0 Å². The van der Waals surface area contributed by atoms with Crippen LogP contribution in [0.25, 0.3) is 11.1 Å². The fourth-order valence-corrected chi connectivity index (χ4v) is 3.63. The van der Waals surface area contributed by atoms with Crippen molar-refractivity contribution in [3.8, 4) is 16.9 Å². The van der Waals surface area contributed by atoms with E-state index in [0.29, 0.717) is 23.5 Å². The fraction of sp³-hybridized carbons (Fsp3) is 0.346. The molecule has 192 valence electrons. The van der Waals surface area contributed by atoms with Gasteiger partial charge in [0, 0.05) is 28.9 Å². The molecule has 3 rings (SSSR count). The molecular formula is C26H27F4N3O3. The molecule has 0 saturated heterocycles. The Balaban J connectivity index is 1.81. The maximum absolute atomic E-state index is 14.8. The Labute approximate surface area is 206 Å². The summed E-state index contributed by atoms with van der Waals surface area (Å²) in [6.45, 7) is 6.37. The number of benzene rings is 1. The van der Waals surface area contributed by atoms with E-state index in [1.807, 2.05) is 13.8 Å². The maximum Gasteiger partial charge on any atom is 0.418 e. The number of rotatable bonds is 8. The third-order valence-electron chi connectivity index (χ3n) is 5.53. The minimum Gasteiger partial charge on any atom is -0.493 e. The number of anilines is 1. The van der Waals surface area contributed by atoms with Gasteiger partial charge in [-0.25, -0.2) is 4.39 Å². The predicted molar refractivity (Wildman–Crippen MR) is 127 cm³/mol. The van der Waals surface area contributed by atoms with Gasteiger partial charge in [-0.2, -0.15) is 13.2 Å². The number of ether oxygens (including phenoxy) is 1. The van der Waals surface area contributed by atoms with E-state index in [2.05, 4.69) is 15.3 Å². The van der Waals surface area contributed by atoms with Gasteiger partial charge in [0.25, 0.3) is 0 Å². The van der Waals surface area contributed by atoms with Crippen LogP contribution in [0, 0.1) is 12.7 Å². The first-order chi connectivity index (χ1) is 16.9. The molecule has 0 spiro atoms. The zero-order valence-electron chi connectivity index (χ0n) is 20.3. The average Bonchev–Trinajstić information content (AvgIpc) is 2.80. The topological polar surface area (TPSA) is 84.3 Å². The first-order valence-corrected chi connectivity index (χ1v) is 11.2. The molecule has 6 nitrogen and oxygen atoms in total. The molecule has 36 heavy (non-hydrogen) atoms. The normalized spacial score (nSPS) is 11.9. The van der Waals surface area contributed by atoms with Gasteiger partial charge < -0.3 is 15.2 Å². The van der Waals surface area contributed by atoms with Gasteiger partial charge in [0.15, 0.2) is 0 Å². The van der Waals surface area contributed by atoms with Gasteiger partial charge in [0.05, 0.1) is 42.8 Å². The number of hydrogen-bond acceptors (Lipinski definition) is 5. The summed E-state index contributed by atoms with van der Waals surface area (Å²) in [7, 11) is 0. The number of hydrogen-bond donors (Lipinski definition) is 2. The zero-order chi connectivity index (χ0) is 26.7. The van der Waals surface area contributed by atoms with Crippen molar-refractivity contribution in [3.63, 3.8) is 0 Å². The van der Waals surface area contributed by atoms with Gasteiger partial charge in [-0.15, -0.1) is 0 Å². The second kappa shape index (κ2) is 10.6. The number of aliphatic hydroxyl groups excluding tert-OH is 1. The van der Waals surface area contributed by atoms with Crippen LogP contribution in [0.15, 0.2) is 42.7 Å². The molecule has 0 saturated carbocycles. The smallest absolute Gasteiger partial charge is 0.418 e. The molecule has 0 aliphatic rings. The number of aromatic nitrogens is 2. The Hall–Kier alpha value is -3.53. The lowest BCUT2D eigenvalue weighted by Crippen LogP contribution is -2.28. The van der Waals surface area contributed by atoms with Gasteiger partial charge in [-0.3, -0.25) is 14.8 Å². The first-order valence-electron chi connectivity index (χ1n) is 11.2. The highest BCUT2D eigenvalue weighted by atomic mass is 19.4. The largest absolute Gasteiger partial charge is 0.493 e. The van der Waals surface area contributed by atoms with E-state index >= 15 is 0 Å². The molecule has 1 aromatic carbocycles. The van der Waals surface area contributed by atoms with Crippen LogP contribution in [0.5, 0.6) is 5.75 Å². The van der Waals surface area contributed by atoms with Crippen LogP contribution in [0.1, 0.15) is 43.3 Å². The van der Waals surface area contributed by atoms with E-state index < -0.39 is 41.9 Å². The summed E-state index contributed by atoms with van der Waals surface area (Å²) in [5, 5.41) is 11.8. The molecule has 1 amide bonds. The summed E-state index contributed by atoms with van der Waals surface area (Å²) < 4.78 is 61.3. The minimum atomic E-state index is -4.75. The molecule has 3 aromatic rings. The minimum absolute atomic E-state index is 0.0660. The van der Waals surface area contributed by atoms with Crippen molar-refractivity contribution in [2.24, 2.45) is 0 Å². The monoisotopic (exact) mass is 505 g/mol. The van der Waals surface area contributed by atoms with Crippen LogP contribution in [0.4, 0.5) is 23.2 Å². The van der Waals surface area contributed by atoms with Gasteiger partial charge in [-0.1, -0.05) is 26.0 Å². The summed E-state index contributed by atoms with van der Waals surface area (Å²) in [6, 6.07) is 6.82. The van der Waals surface area contributed by atoms with E-state index in [4.69, 9.17) is 4.74 Å². The molecule has 0 bridgehead atoms. The molecule has 2 heterocycles. The van der Waals surface area contributed by atoms with Crippen LogP contribution in [0.3, 0.4) is 0 Å². The van der Waals surface area contributed by atoms with Crippen molar-refractivity contribution in [2.45, 2.75) is 45.7 Å². The number of amides is 1. The van der Waals surface area contributed by atoms with Gasteiger partial charge in [-0.05, 0) is 37.1 Å². The van der Waals surface area contributed by atoms with E-state index in [9.17, 15) is 27.5 Å². The second-order valence-electron chi connectivity index (χ2n) is 8.95.